The van der Waals surface area contributed by atoms with Gasteiger partial charge in [-0.3, -0.25) is 9.63 Å². The van der Waals surface area contributed by atoms with Gasteiger partial charge in [0, 0.05) is 13.5 Å². The average molecular weight is 388 g/mol. The number of nitrogens with one attached hydrogen (secondary N) is 1. The van der Waals surface area contributed by atoms with Crippen LogP contribution in [0.1, 0.15) is 11.1 Å². The Morgan fingerprint density at radius 2 is 1.54 bits per heavy atom. The van der Waals surface area contributed by atoms with E-state index in [1.807, 2.05) is 12.1 Å². The van der Waals surface area contributed by atoms with Crippen LogP contribution in [0.3, 0.4) is 0 Å². The van der Waals surface area contributed by atoms with Crippen LogP contribution >= 0.6 is 0 Å². The first-order chi connectivity index (χ1) is 13.4. The van der Waals surface area contributed by atoms with Gasteiger partial charge in [0.15, 0.2) is 0 Å². The second-order valence-corrected chi connectivity index (χ2v) is 6.14. The first-order valence-electron chi connectivity index (χ1n) is 8.62. The van der Waals surface area contributed by atoms with Crippen molar-refractivity contribution in [2.45, 2.75) is 24.6 Å². The number of carboxylic acid groups (broad SMARTS) is 2. The van der Waals surface area contributed by atoms with E-state index in [4.69, 9.17) is 9.57 Å². The third-order valence-corrected chi connectivity index (χ3v) is 4.32. The maximum Gasteiger partial charge on any atom is 0.355 e. The first kappa shape index (κ1) is 21.5. The SMILES string of the molecule is CON(N[C@@H](Cc1ccccc1)C(=O)O)[C@](Cc1ccccc1)(OC)C(=O)O. The molecule has 8 heteroatoms. The molecule has 2 rings (SSSR count). The second-order valence-electron chi connectivity index (χ2n) is 6.14. The van der Waals surface area contributed by atoms with E-state index in [9.17, 15) is 19.8 Å². The zero-order chi connectivity index (χ0) is 20.6. The number of hydrogen-bond donors (Lipinski definition) is 3. The Morgan fingerprint density at radius 3 is 1.96 bits per heavy atom. The van der Waals surface area contributed by atoms with E-state index in [0.29, 0.717) is 5.56 Å². The largest absolute Gasteiger partial charge is 0.480 e. The lowest BCUT2D eigenvalue weighted by atomic mass is 10.0. The van der Waals surface area contributed by atoms with Crippen LogP contribution in [-0.4, -0.2) is 53.3 Å². The fourth-order valence-electron chi connectivity index (χ4n) is 2.83. The number of carbonyl (C=O) groups is 2. The van der Waals surface area contributed by atoms with Crippen LogP contribution in [0, 0.1) is 0 Å². The van der Waals surface area contributed by atoms with Gasteiger partial charge in [0.1, 0.15) is 6.04 Å². The molecule has 2 aromatic carbocycles. The number of ether oxygens (including phenoxy) is 1. The zero-order valence-corrected chi connectivity index (χ0v) is 15.7. The molecule has 0 fully saturated rings. The van der Waals surface area contributed by atoms with Crippen LogP contribution in [0.25, 0.3) is 0 Å². The summed E-state index contributed by atoms with van der Waals surface area (Å²) in [5, 5.41) is 20.4. The van der Waals surface area contributed by atoms with Crippen molar-refractivity contribution in [3.63, 3.8) is 0 Å². The summed E-state index contributed by atoms with van der Waals surface area (Å²) in [6.07, 6.45) is 0.0545. The summed E-state index contributed by atoms with van der Waals surface area (Å²) in [6, 6.07) is 16.7. The minimum absolute atomic E-state index is 0.0712. The smallest absolute Gasteiger partial charge is 0.355 e. The predicted molar refractivity (Wildman–Crippen MR) is 101 cm³/mol. The van der Waals surface area contributed by atoms with Gasteiger partial charge in [-0.05, 0) is 17.5 Å². The lowest BCUT2D eigenvalue weighted by Crippen LogP contribution is -2.65. The molecule has 0 saturated carbocycles. The van der Waals surface area contributed by atoms with Gasteiger partial charge in [-0.15, -0.1) is 0 Å². The molecule has 0 radical (unpaired) electrons. The lowest BCUT2D eigenvalue weighted by molar-refractivity contribution is -0.313. The fourth-order valence-corrected chi connectivity index (χ4v) is 2.83. The number of carboxylic acids is 2. The van der Waals surface area contributed by atoms with Crippen molar-refractivity contribution in [2.75, 3.05) is 14.2 Å². The summed E-state index contributed by atoms with van der Waals surface area (Å²) in [7, 11) is 2.48. The van der Waals surface area contributed by atoms with Crippen LogP contribution < -0.4 is 5.43 Å². The molecule has 0 aliphatic carbocycles. The molecule has 0 aliphatic heterocycles. The van der Waals surface area contributed by atoms with Crippen LogP contribution in [0.15, 0.2) is 60.7 Å². The van der Waals surface area contributed by atoms with E-state index >= 15 is 0 Å². The lowest BCUT2D eigenvalue weighted by Gasteiger charge is -2.38. The van der Waals surface area contributed by atoms with E-state index in [0.717, 1.165) is 10.7 Å². The number of hydrazine groups is 1. The number of hydrogen-bond acceptors (Lipinski definition) is 6. The Bertz CT molecular complexity index is 771. The molecule has 28 heavy (non-hydrogen) atoms. The monoisotopic (exact) mass is 388 g/mol. The molecule has 0 aromatic heterocycles. The van der Waals surface area contributed by atoms with Gasteiger partial charge >= 0.3 is 11.9 Å². The van der Waals surface area contributed by atoms with E-state index in [-0.39, 0.29) is 12.8 Å². The quantitative estimate of drug-likeness (QED) is 0.394. The standard InChI is InChI=1S/C20H24N2O6/c1-27-20(19(25)26,14-16-11-7-4-8-12-16)22(28-2)21-17(18(23)24)13-15-9-5-3-6-10-15/h3-12,17,21H,13-14H2,1-2H3,(H,23,24)(H,25,26)/t17-,20+/m0/s1. The maximum atomic E-state index is 12.1. The number of aliphatic carboxylic acids is 2. The topological polar surface area (TPSA) is 108 Å². The van der Waals surface area contributed by atoms with Crippen LogP contribution in [0.5, 0.6) is 0 Å². The summed E-state index contributed by atoms with van der Waals surface area (Å²) >= 11 is 0. The summed E-state index contributed by atoms with van der Waals surface area (Å²) < 4.78 is 5.33. The van der Waals surface area contributed by atoms with E-state index in [1.165, 1.54) is 14.2 Å². The zero-order valence-electron chi connectivity index (χ0n) is 15.7. The van der Waals surface area contributed by atoms with Crippen LogP contribution in [-0.2, 0) is 32.0 Å². The van der Waals surface area contributed by atoms with Gasteiger partial charge in [0.25, 0.3) is 5.72 Å². The molecule has 150 valence electrons. The minimum Gasteiger partial charge on any atom is -0.480 e. The van der Waals surface area contributed by atoms with Crippen molar-refractivity contribution in [2.24, 2.45) is 0 Å². The molecule has 2 atom stereocenters. The fraction of sp³-hybridized carbons (Fsp3) is 0.300. The van der Waals surface area contributed by atoms with E-state index in [1.54, 1.807) is 48.5 Å². The molecule has 0 amide bonds. The molecule has 0 bridgehead atoms. The highest BCUT2D eigenvalue weighted by Crippen LogP contribution is 2.22. The number of methoxy groups -OCH3 is 1. The van der Waals surface area contributed by atoms with Gasteiger partial charge in [-0.25, -0.2) is 10.2 Å². The highest BCUT2D eigenvalue weighted by Gasteiger charge is 2.47. The van der Waals surface area contributed by atoms with Gasteiger partial charge in [-0.1, -0.05) is 65.8 Å². The highest BCUT2D eigenvalue weighted by atomic mass is 16.7. The van der Waals surface area contributed by atoms with Gasteiger partial charge in [-0.2, -0.15) is 0 Å². The van der Waals surface area contributed by atoms with Crippen molar-refractivity contribution in [1.29, 1.82) is 0 Å². The van der Waals surface area contributed by atoms with Crippen LogP contribution in [0.4, 0.5) is 0 Å². The molecular weight excluding hydrogens is 364 g/mol. The summed E-state index contributed by atoms with van der Waals surface area (Å²) in [6.45, 7) is 0. The minimum atomic E-state index is -1.97. The number of nitrogens with zero attached hydrogens (tertiary/aromatic N) is 1. The number of benzene rings is 2. The molecular formula is C20H24N2O6. The van der Waals surface area contributed by atoms with E-state index < -0.39 is 23.7 Å². The Balaban J connectivity index is 2.30. The molecule has 0 spiro atoms. The van der Waals surface area contributed by atoms with Crippen LogP contribution in [0.2, 0.25) is 0 Å². The third-order valence-electron chi connectivity index (χ3n) is 4.32. The molecule has 0 saturated heterocycles. The first-order valence-corrected chi connectivity index (χ1v) is 8.62. The molecule has 3 N–H and O–H groups in total. The van der Waals surface area contributed by atoms with Gasteiger partial charge < -0.3 is 14.9 Å². The summed E-state index contributed by atoms with van der Waals surface area (Å²) in [5.41, 5.74) is 2.14. The number of rotatable bonds is 11. The average Bonchev–Trinajstić information content (AvgIpc) is 2.70. The normalized spacial score (nSPS) is 14.4. The van der Waals surface area contributed by atoms with Crippen molar-refractivity contribution in [3.05, 3.63) is 71.8 Å². The van der Waals surface area contributed by atoms with Crippen molar-refractivity contribution >= 4 is 11.9 Å². The van der Waals surface area contributed by atoms with Crippen molar-refractivity contribution in [1.82, 2.24) is 10.6 Å². The Kier molecular flexibility index (Phi) is 7.65. The maximum absolute atomic E-state index is 12.1. The Hall–Kier alpha value is -2.78. The summed E-state index contributed by atoms with van der Waals surface area (Å²) in [4.78, 5) is 29.1. The molecule has 0 unspecified atom stereocenters. The second kappa shape index (κ2) is 9.95. The molecule has 0 heterocycles. The third kappa shape index (κ3) is 5.14. The van der Waals surface area contributed by atoms with Gasteiger partial charge in [0.2, 0.25) is 0 Å². The van der Waals surface area contributed by atoms with Crippen molar-refractivity contribution < 1.29 is 29.4 Å². The molecule has 8 nitrogen and oxygen atoms in total. The number of hydroxylamine groups is 1. The van der Waals surface area contributed by atoms with E-state index in [2.05, 4.69) is 5.43 Å². The molecule has 2 aromatic rings. The van der Waals surface area contributed by atoms with Gasteiger partial charge in [0.05, 0.1) is 7.11 Å². The molecule has 0 aliphatic rings. The summed E-state index contributed by atoms with van der Waals surface area (Å²) in [5.74, 6) is -2.47. The Morgan fingerprint density at radius 1 is 1.00 bits per heavy atom. The predicted octanol–water partition coefficient (Wildman–Crippen LogP) is 1.72. The highest BCUT2D eigenvalue weighted by molar-refractivity contribution is 5.77. The van der Waals surface area contributed by atoms with Crippen molar-refractivity contribution in [3.8, 4) is 0 Å². The Labute approximate surface area is 163 Å².